The summed E-state index contributed by atoms with van der Waals surface area (Å²) in [6, 6.07) is 15.9. The monoisotopic (exact) mass is 377 g/mol. The van der Waals surface area contributed by atoms with E-state index in [1.54, 1.807) is 11.8 Å². The number of thioether (sulfide) groups is 1. The molecule has 1 N–H and O–H groups in total. The molecule has 3 rings (SSSR count). The fraction of sp³-hybridized carbons (Fsp3) is 0.235. The van der Waals surface area contributed by atoms with Crippen molar-refractivity contribution in [1.29, 1.82) is 0 Å². The van der Waals surface area contributed by atoms with Gasteiger partial charge in [-0.3, -0.25) is 4.79 Å². The molecule has 1 atom stereocenters. The van der Waals surface area contributed by atoms with Gasteiger partial charge in [0.05, 0.1) is 18.4 Å². The summed E-state index contributed by atoms with van der Waals surface area (Å²) in [5, 5.41) is 3.11. The lowest BCUT2D eigenvalue weighted by molar-refractivity contribution is -0.119. The molecular weight excluding hydrogens is 362 g/mol. The molecular formula is C17H16BrNO2S. The number of rotatable bonds is 4. The van der Waals surface area contributed by atoms with Crippen molar-refractivity contribution in [2.75, 3.05) is 12.4 Å². The van der Waals surface area contributed by atoms with E-state index >= 15 is 0 Å². The first-order chi connectivity index (χ1) is 10.7. The van der Waals surface area contributed by atoms with Crippen molar-refractivity contribution in [1.82, 2.24) is 5.32 Å². The van der Waals surface area contributed by atoms with Crippen molar-refractivity contribution in [3.05, 3.63) is 58.6 Å². The van der Waals surface area contributed by atoms with Crippen LogP contribution in [0.4, 0.5) is 0 Å². The molecule has 5 heteroatoms. The van der Waals surface area contributed by atoms with Crippen molar-refractivity contribution in [3.8, 4) is 5.75 Å². The number of hydrogen-bond acceptors (Lipinski definition) is 3. The molecule has 22 heavy (non-hydrogen) atoms. The van der Waals surface area contributed by atoms with E-state index in [2.05, 4.69) is 21.2 Å². The number of amides is 1. The topological polar surface area (TPSA) is 38.3 Å². The van der Waals surface area contributed by atoms with Crippen LogP contribution < -0.4 is 10.1 Å². The highest BCUT2D eigenvalue weighted by Gasteiger charge is 2.22. The minimum atomic E-state index is 0.0444. The molecule has 1 aliphatic heterocycles. The summed E-state index contributed by atoms with van der Waals surface area (Å²) >= 11 is 4.95. The van der Waals surface area contributed by atoms with Crippen LogP contribution in [0.15, 0.2) is 57.9 Å². The second-order valence-corrected chi connectivity index (χ2v) is 7.00. The van der Waals surface area contributed by atoms with Crippen molar-refractivity contribution >= 4 is 33.6 Å². The van der Waals surface area contributed by atoms with Crippen LogP contribution in [0, 0.1) is 0 Å². The summed E-state index contributed by atoms with van der Waals surface area (Å²) < 4.78 is 6.66. The summed E-state index contributed by atoms with van der Waals surface area (Å²) in [6.07, 6.45) is 0.811. The van der Waals surface area contributed by atoms with E-state index in [-0.39, 0.29) is 11.9 Å². The molecule has 0 saturated heterocycles. The van der Waals surface area contributed by atoms with Crippen LogP contribution in [0.5, 0.6) is 5.75 Å². The highest BCUT2D eigenvalue weighted by Crippen LogP contribution is 2.31. The molecule has 0 saturated carbocycles. The predicted octanol–water partition coefficient (Wildman–Crippen LogP) is 4.18. The van der Waals surface area contributed by atoms with Crippen LogP contribution in [0.1, 0.15) is 18.0 Å². The first kappa shape index (κ1) is 15.4. The quantitative estimate of drug-likeness (QED) is 0.812. The van der Waals surface area contributed by atoms with E-state index in [1.165, 1.54) is 0 Å². The second kappa shape index (κ2) is 7.20. The molecule has 0 spiro atoms. The Hall–Kier alpha value is -1.46. The molecule has 3 nitrogen and oxygen atoms in total. The van der Waals surface area contributed by atoms with Crippen LogP contribution >= 0.6 is 27.7 Å². The average molecular weight is 378 g/mol. The maximum absolute atomic E-state index is 12.2. The zero-order valence-electron chi connectivity index (χ0n) is 11.9. The first-order valence-corrected chi connectivity index (χ1v) is 8.90. The smallest absolute Gasteiger partial charge is 0.230 e. The average Bonchev–Trinajstić information content (AvgIpc) is 2.55. The maximum Gasteiger partial charge on any atom is 0.230 e. The van der Waals surface area contributed by atoms with Crippen LogP contribution in [0.2, 0.25) is 0 Å². The van der Waals surface area contributed by atoms with Gasteiger partial charge in [0.1, 0.15) is 5.75 Å². The van der Waals surface area contributed by atoms with Crippen LogP contribution in [0.25, 0.3) is 0 Å². The van der Waals surface area contributed by atoms with Gasteiger partial charge in [0.2, 0.25) is 5.91 Å². The first-order valence-electron chi connectivity index (χ1n) is 7.12. The van der Waals surface area contributed by atoms with Gasteiger partial charge in [0.15, 0.2) is 0 Å². The molecule has 0 bridgehead atoms. The van der Waals surface area contributed by atoms with Crippen molar-refractivity contribution in [2.45, 2.75) is 17.4 Å². The standard InChI is InChI=1S/C17H16BrNO2S/c18-12-5-7-13(8-6-12)22-11-17(20)19-15-9-10-21-16-4-2-1-3-14(15)16/h1-8,15H,9-11H2,(H,19,20). The van der Waals surface area contributed by atoms with Gasteiger partial charge in [0.25, 0.3) is 0 Å². The number of ether oxygens (including phenoxy) is 1. The molecule has 114 valence electrons. The molecule has 1 amide bonds. The molecule has 0 aliphatic carbocycles. The summed E-state index contributed by atoms with van der Waals surface area (Å²) in [7, 11) is 0. The van der Waals surface area contributed by atoms with Gasteiger partial charge in [0, 0.05) is 21.4 Å². The van der Waals surface area contributed by atoms with Crippen LogP contribution in [0.3, 0.4) is 0 Å². The minimum absolute atomic E-state index is 0.0444. The zero-order chi connectivity index (χ0) is 15.4. The normalized spacial score (nSPS) is 16.5. The number of hydrogen-bond donors (Lipinski definition) is 1. The van der Waals surface area contributed by atoms with E-state index in [4.69, 9.17) is 4.74 Å². The van der Waals surface area contributed by atoms with Crippen molar-refractivity contribution in [2.24, 2.45) is 0 Å². The molecule has 0 fully saturated rings. The van der Waals surface area contributed by atoms with Crippen LogP contribution in [-0.4, -0.2) is 18.3 Å². The Bertz CT molecular complexity index is 660. The van der Waals surface area contributed by atoms with Crippen LogP contribution in [-0.2, 0) is 4.79 Å². The SMILES string of the molecule is O=C(CSc1ccc(Br)cc1)NC1CCOc2ccccc21. The predicted molar refractivity (Wildman–Crippen MR) is 92.3 cm³/mol. The largest absolute Gasteiger partial charge is 0.493 e. The lowest BCUT2D eigenvalue weighted by Gasteiger charge is -2.26. The molecule has 1 aliphatic rings. The van der Waals surface area contributed by atoms with E-state index in [0.717, 1.165) is 27.1 Å². The number of carbonyl (C=O) groups excluding carboxylic acids is 1. The second-order valence-electron chi connectivity index (χ2n) is 5.04. The van der Waals surface area contributed by atoms with Gasteiger partial charge < -0.3 is 10.1 Å². The number of halogens is 1. The Morgan fingerprint density at radius 3 is 2.82 bits per heavy atom. The Morgan fingerprint density at radius 1 is 1.23 bits per heavy atom. The van der Waals surface area contributed by atoms with Gasteiger partial charge in [-0.2, -0.15) is 0 Å². The van der Waals surface area contributed by atoms with Gasteiger partial charge in [-0.05, 0) is 30.3 Å². The van der Waals surface area contributed by atoms with Crippen molar-refractivity contribution in [3.63, 3.8) is 0 Å². The third-order valence-electron chi connectivity index (χ3n) is 3.48. The Labute approximate surface area is 142 Å². The molecule has 0 aromatic heterocycles. The van der Waals surface area contributed by atoms with E-state index < -0.39 is 0 Å². The minimum Gasteiger partial charge on any atom is -0.493 e. The summed E-state index contributed by atoms with van der Waals surface area (Å²) in [5.74, 6) is 1.34. The Kier molecular flexibility index (Phi) is 5.05. The highest BCUT2D eigenvalue weighted by molar-refractivity contribution is 9.10. The van der Waals surface area contributed by atoms with Crippen molar-refractivity contribution < 1.29 is 9.53 Å². The fourth-order valence-corrected chi connectivity index (χ4v) is 3.38. The Morgan fingerprint density at radius 2 is 2.00 bits per heavy atom. The van der Waals surface area contributed by atoms with Gasteiger partial charge in [-0.1, -0.05) is 34.1 Å². The highest BCUT2D eigenvalue weighted by atomic mass is 79.9. The van der Waals surface area contributed by atoms with E-state index in [1.807, 2.05) is 48.5 Å². The number of nitrogens with one attached hydrogen (secondary N) is 1. The summed E-state index contributed by atoms with van der Waals surface area (Å²) in [5.41, 5.74) is 1.07. The van der Waals surface area contributed by atoms with Gasteiger partial charge in [-0.25, -0.2) is 0 Å². The third kappa shape index (κ3) is 3.84. The van der Waals surface area contributed by atoms with E-state index in [0.29, 0.717) is 12.4 Å². The molecule has 1 unspecified atom stereocenters. The fourth-order valence-electron chi connectivity index (χ4n) is 2.41. The lowest BCUT2D eigenvalue weighted by atomic mass is 10.0. The van der Waals surface area contributed by atoms with Gasteiger partial charge in [-0.15, -0.1) is 11.8 Å². The summed E-state index contributed by atoms with van der Waals surface area (Å²) in [4.78, 5) is 13.3. The molecule has 2 aromatic carbocycles. The lowest BCUT2D eigenvalue weighted by Crippen LogP contribution is -2.33. The molecule has 0 radical (unpaired) electrons. The molecule has 1 heterocycles. The Balaban J connectivity index is 1.57. The number of benzene rings is 2. The molecule has 2 aromatic rings. The van der Waals surface area contributed by atoms with Gasteiger partial charge >= 0.3 is 0 Å². The number of para-hydroxylation sites is 1. The number of fused-ring (bicyclic) bond motifs is 1. The summed E-state index contributed by atoms with van der Waals surface area (Å²) in [6.45, 7) is 0.641. The number of carbonyl (C=O) groups is 1. The maximum atomic E-state index is 12.2. The van der Waals surface area contributed by atoms with E-state index in [9.17, 15) is 4.79 Å². The zero-order valence-corrected chi connectivity index (χ0v) is 14.3. The third-order valence-corrected chi connectivity index (χ3v) is 5.02.